The molecule has 0 saturated carbocycles. The molecule has 134 valence electrons. The van der Waals surface area contributed by atoms with Crippen LogP contribution in [0.15, 0.2) is 38.8 Å². The summed E-state index contributed by atoms with van der Waals surface area (Å²) >= 11 is 3.08. The van der Waals surface area contributed by atoms with Crippen LogP contribution in [0, 0.1) is 6.92 Å². The average Bonchev–Trinajstić information content (AvgIpc) is 2.52. The Balaban J connectivity index is 2.59. The van der Waals surface area contributed by atoms with E-state index in [0.29, 0.717) is 25.8 Å². The van der Waals surface area contributed by atoms with Crippen molar-refractivity contribution in [2.45, 2.75) is 42.4 Å². The number of carboxylic acids is 1. The van der Waals surface area contributed by atoms with E-state index in [4.69, 9.17) is 5.11 Å². The Hall–Kier alpha value is -0.960. The first-order valence-electron chi connectivity index (χ1n) is 7.49. The molecule has 8 heteroatoms. The molecular weight excluding hydrogens is 366 g/mol. The highest BCUT2D eigenvalue weighted by Crippen LogP contribution is 2.34. The molecule has 0 amide bonds. The lowest BCUT2D eigenvalue weighted by Crippen LogP contribution is -2.24. The van der Waals surface area contributed by atoms with Crippen molar-refractivity contribution >= 4 is 39.5 Å². The summed E-state index contributed by atoms with van der Waals surface area (Å²) in [5.74, 6) is -0.826. The van der Waals surface area contributed by atoms with Gasteiger partial charge in [-0.05, 0) is 49.8 Å². The van der Waals surface area contributed by atoms with Gasteiger partial charge in [-0.25, -0.2) is 13.1 Å². The fourth-order valence-corrected chi connectivity index (χ4v) is 4.30. The molecule has 24 heavy (non-hydrogen) atoms. The topological polar surface area (TPSA) is 83.5 Å². The van der Waals surface area contributed by atoms with Gasteiger partial charge < -0.3 is 5.11 Å². The fourth-order valence-electron chi connectivity index (χ4n) is 1.94. The molecule has 0 heterocycles. The van der Waals surface area contributed by atoms with Crippen molar-refractivity contribution < 1.29 is 18.3 Å². The molecule has 0 aliphatic heterocycles. The Bertz CT molecular complexity index is 687. The van der Waals surface area contributed by atoms with Gasteiger partial charge in [0.25, 0.3) is 0 Å². The number of carboxylic acid groups (broad SMARTS) is 1. The van der Waals surface area contributed by atoms with E-state index < -0.39 is 16.0 Å². The van der Waals surface area contributed by atoms with E-state index in [1.54, 1.807) is 30.0 Å². The second kappa shape index (κ2) is 10.1. The molecule has 0 aliphatic carbocycles. The lowest BCUT2D eigenvalue weighted by atomic mass is 10.2. The van der Waals surface area contributed by atoms with Crippen molar-refractivity contribution in [1.29, 1.82) is 0 Å². The first-order valence-corrected chi connectivity index (χ1v) is 11.0. The summed E-state index contributed by atoms with van der Waals surface area (Å²) in [6.45, 7) is 6.10. The van der Waals surface area contributed by atoms with Gasteiger partial charge in [0.2, 0.25) is 10.0 Å². The van der Waals surface area contributed by atoms with E-state index >= 15 is 0 Å². The van der Waals surface area contributed by atoms with Gasteiger partial charge in [-0.2, -0.15) is 0 Å². The zero-order valence-electron chi connectivity index (χ0n) is 13.9. The minimum Gasteiger partial charge on any atom is -0.481 e. The van der Waals surface area contributed by atoms with Gasteiger partial charge in [0.05, 0.1) is 4.90 Å². The first kappa shape index (κ1) is 21.1. The number of rotatable bonds is 11. The third-order valence-electron chi connectivity index (χ3n) is 3.27. The van der Waals surface area contributed by atoms with E-state index in [9.17, 15) is 13.2 Å². The van der Waals surface area contributed by atoms with Gasteiger partial charge in [-0.15, -0.1) is 11.8 Å². The lowest BCUT2D eigenvalue weighted by Gasteiger charge is -2.10. The van der Waals surface area contributed by atoms with E-state index in [-0.39, 0.29) is 11.3 Å². The van der Waals surface area contributed by atoms with Crippen LogP contribution in [0.2, 0.25) is 0 Å². The van der Waals surface area contributed by atoms with Crippen LogP contribution in [0.1, 0.15) is 31.2 Å². The van der Waals surface area contributed by atoms with Gasteiger partial charge in [0, 0.05) is 22.1 Å². The maximum atomic E-state index is 12.3. The number of sulfonamides is 1. The number of nitrogens with one attached hydrogen (secondary N) is 1. The molecule has 0 aliphatic rings. The molecular formula is C16H23NO4S3. The average molecular weight is 390 g/mol. The summed E-state index contributed by atoms with van der Waals surface area (Å²) in [5.41, 5.74) is 0.888. The number of thioether (sulfide) groups is 2. The molecule has 0 bridgehead atoms. The Morgan fingerprint density at radius 2 is 2.00 bits per heavy atom. The standard InChI is InChI=1S/C16H23NO4S3/c1-12-11-14(8-9-15(12)23-13(2)22-3)24(20,21)17-10-6-4-5-7-16(18)19/h8-9,11,17H,2,4-7,10H2,1,3H3,(H,18,19). The molecule has 2 N–H and O–H groups in total. The molecule has 0 aromatic heterocycles. The van der Waals surface area contributed by atoms with Crippen molar-refractivity contribution in [3.05, 3.63) is 34.6 Å². The largest absolute Gasteiger partial charge is 0.481 e. The molecule has 0 atom stereocenters. The van der Waals surface area contributed by atoms with Crippen molar-refractivity contribution in [2.24, 2.45) is 0 Å². The van der Waals surface area contributed by atoms with Crippen LogP contribution in [-0.2, 0) is 14.8 Å². The number of aryl methyl sites for hydroxylation is 1. The Labute approximate surface area is 152 Å². The molecule has 1 aromatic carbocycles. The van der Waals surface area contributed by atoms with Crippen LogP contribution in [0.3, 0.4) is 0 Å². The Morgan fingerprint density at radius 1 is 1.29 bits per heavy atom. The normalized spacial score (nSPS) is 11.4. The third kappa shape index (κ3) is 7.29. The number of aliphatic carboxylic acids is 1. The fraction of sp³-hybridized carbons (Fsp3) is 0.438. The molecule has 1 rings (SSSR count). The van der Waals surface area contributed by atoms with Crippen LogP contribution in [0.4, 0.5) is 0 Å². The first-order chi connectivity index (χ1) is 11.3. The summed E-state index contributed by atoms with van der Waals surface area (Å²) in [5, 5.41) is 8.55. The van der Waals surface area contributed by atoms with E-state index in [1.807, 2.05) is 13.2 Å². The highest BCUT2D eigenvalue weighted by atomic mass is 32.2. The summed E-state index contributed by atoms with van der Waals surface area (Å²) in [6, 6.07) is 5.04. The number of benzene rings is 1. The van der Waals surface area contributed by atoms with Crippen LogP contribution in [-0.4, -0.2) is 32.3 Å². The molecule has 0 radical (unpaired) electrons. The van der Waals surface area contributed by atoms with Crippen molar-refractivity contribution in [3.8, 4) is 0 Å². The molecule has 0 spiro atoms. The number of hydrogen-bond donors (Lipinski definition) is 2. The quantitative estimate of drug-likeness (QED) is 0.442. The van der Waals surface area contributed by atoms with Crippen LogP contribution in [0.5, 0.6) is 0 Å². The van der Waals surface area contributed by atoms with E-state index in [2.05, 4.69) is 11.3 Å². The summed E-state index contributed by atoms with van der Waals surface area (Å²) < 4.78 is 28.1. The number of carbonyl (C=O) groups is 1. The van der Waals surface area contributed by atoms with Crippen LogP contribution in [0.25, 0.3) is 0 Å². The molecule has 1 aromatic rings. The van der Waals surface area contributed by atoms with Gasteiger partial charge in [-0.1, -0.05) is 24.8 Å². The minimum absolute atomic E-state index is 0.117. The van der Waals surface area contributed by atoms with Gasteiger partial charge >= 0.3 is 5.97 Å². The van der Waals surface area contributed by atoms with E-state index in [1.165, 1.54) is 11.8 Å². The Kier molecular flexibility index (Phi) is 8.90. The van der Waals surface area contributed by atoms with Gasteiger partial charge in [-0.3, -0.25) is 4.79 Å². The number of hydrogen-bond acceptors (Lipinski definition) is 5. The summed E-state index contributed by atoms with van der Waals surface area (Å²) in [7, 11) is -3.54. The Morgan fingerprint density at radius 3 is 2.58 bits per heavy atom. The zero-order chi connectivity index (χ0) is 18.2. The van der Waals surface area contributed by atoms with Gasteiger partial charge in [0.1, 0.15) is 0 Å². The van der Waals surface area contributed by atoms with E-state index in [0.717, 1.165) is 14.7 Å². The van der Waals surface area contributed by atoms with Crippen LogP contribution >= 0.6 is 23.5 Å². The predicted octanol–water partition coefficient (Wildman–Crippen LogP) is 3.84. The molecule has 0 saturated heterocycles. The molecule has 5 nitrogen and oxygen atoms in total. The monoisotopic (exact) mass is 389 g/mol. The zero-order valence-corrected chi connectivity index (χ0v) is 16.3. The summed E-state index contributed by atoms with van der Waals surface area (Å²) in [4.78, 5) is 11.6. The molecule has 0 unspecified atom stereocenters. The third-order valence-corrected chi connectivity index (χ3v) is 6.84. The smallest absolute Gasteiger partial charge is 0.303 e. The highest BCUT2D eigenvalue weighted by Gasteiger charge is 2.15. The van der Waals surface area contributed by atoms with Crippen molar-refractivity contribution in [1.82, 2.24) is 4.72 Å². The summed E-state index contributed by atoms with van der Waals surface area (Å²) in [6.07, 6.45) is 3.92. The SMILES string of the molecule is C=C(SC)Sc1ccc(S(=O)(=O)NCCCCCC(=O)O)cc1C. The van der Waals surface area contributed by atoms with Crippen molar-refractivity contribution in [3.63, 3.8) is 0 Å². The minimum atomic E-state index is -3.54. The lowest BCUT2D eigenvalue weighted by molar-refractivity contribution is -0.137. The predicted molar refractivity (Wildman–Crippen MR) is 101 cm³/mol. The number of unbranched alkanes of at least 4 members (excludes halogenated alkanes) is 2. The maximum absolute atomic E-state index is 12.3. The maximum Gasteiger partial charge on any atom is 0.303 e. The molecule has 0 fully saturated rings. The highest BCUT2D eigenvalue weighted by molar-refractivity contribution is 8.22. The van der Waals surface area contributed by atoms with Gasteiger partial charge in [0.15, 0.2) is 0 Å². The second-order valence-corrected chi connectivity index (χ2v) is 9.27. The van der Waals surface area contributed by atoms with Crippen LogP contribution < -0.4 is 4.72 Å². The van der Waals surface area contributed by atoms with Crippen molar-refractivity contribution in [2.75, 3.05) is 12.8 Å². The second-order valence-electron chi connectivity index (χ2n) is 5.21.